The van der Waals surface area contributed by atoms with Crippen LogP contribution in [0.15, 0.2) is 42.0 Å². The number of pyridine rings is 1. The fourth-order valence-corrected chi connectivity index (χ4v) is 5.53. The Balaban J connectivity index is 1.75. The predicted octanol–water partition coefficient (Wildman–Crippen LogP) is 5.26. The number of methoxy groups -OCH3 is 3. The minimum atomic E-state index is -0.177. The third kappa shape index (κ3) is 5.26. The lowest BCUT2D eigenvalue weighted by Crippen LogP contribution is -2.16. The van der Waals surface area contributed by atoms with Gasteiger partial charge in [0.2, 0.25) is 5.95 Å². The third-order valence-corrected chi connectivity index (χ3v) is 7.26. The molecule has 184 valence electrons. The average Bonchev–Trinajstić information content (AvgIpc) is 3.48. The number of hydrogen-bond donors (Lipinski definition) is 1. The van der Waals surface area contributed by atoms with Gasteiger partial charge in [-0.1, -0.05) is 6.07 Å². The van der Waals surface area contributed by atoms with E-state index in [1.54, 1.807) is 45.1 Å². The molecule has 2 unspecified atom stereocenters. The quantitative estimate of drug-likeness (QED) is 0.286. The van der Waals surface area contributed by atoms with Crippen molar-refractivity contribution in [3.8, 4) is 28.6 Å². The lowest BCUT2D eigenvalue weighted by Gasteiger charge is -2.21. The fraction of sp³-hybridized carbons (Fsp3) is 0.333. The third-order valence-electron chi connectivity index (χ3n) is 5.32. The number of aryl methyl sites for hydroxylation is 2. The number of ether oxygens (including phenoxy) is 3. The Hall–Kier alpha value is -3.15. The summed E-state index contributed by atoms with van der Waals surface area (Å²) in [6.45, 7) is 6.05. The molecule has 4 rings (SSSR count). The van der Waals surface area contributed by atoms with Crippen LogP contribution in [0.2, 0.25) is 0 Å². The first-order chi connectivity index (χ1) is 17.0. The molecule has 0 aliphatic heterocycles. The average molecular weight is 513 g/mol. The number of benzene rings is 1. The van der Waals surface area contributed by atoms with Gasteiger partial charge in [-0.05, 0) is 56.5 Å². The van der Waals surface area contributed by atoms with Gasteiger partial charge in [0.1, 0.15) is 28.3 Å². The highest BCUT2D eigenvalue weighted by Gasteiger charge is 2.26. The highest BCUT2D eigenvalue weighted by atomic mass is 32.2. The molecule has 0 aliphatic rings. The van der Waals surface area contributed by atoms with Crippen molar-refractivity contribution in [1.29, 1.82) is 0 Å². The van der Waals surface area contributed by atoms with Crippen LogP contribution in [0.25, 0.3) is 17.1 Å². The van der Waals surface area contributed by atoms with Crippen LogP contribution in [-0.2, 0) is 4.74 Å². The molecular formula is C24H28N6O3S2. The summed E-state index contributed by atoms with van der Waals surface area (Å²) in [6, 6.07) is 7.64. The van der Waals surface area contributed by atoms with Gasteiger partial charge in [0.15, 0.2) is 5.82 Å². The summed E-state index contributed by atoms with van der Waals surface area (Å²) in [5.41, 5.74) is 3.51. The van der Waals surface area contributed by atoms with Crippen LogP contribution in [0.4, 0.5) is 5.95 Å². The van der Waals surface area contributed by atoms with Crippen molar-refractivity contribution in [2.24, 2.45) is 0 Å². The minimum Gasteiger partial charge on any atom is -0.494 e. The highest BCUT2D eigenvalue weighted by molar-refractivity contribution is 8.01. The van der Waals surface area contributed by atoms with Gasteiger partial charge in [-0.25, -0.2) is 4.98 Å². The van der Waals surface area contributed by atoms with E-state index in [1.165, 1.54) is 11.9 Å². The Bertz CT molecular complexity index is 1270. The van der Waals surface area contributed by atoms with Gasteiger partial charge < -0.3 is 14.2 Å². The summed E-state index contributed by atoms with van der Waals surface area (Å²) in [6.07, 6.45) is 3.39. The van der Waals surface area contributed by atoms with Crippen LogP contribution >= 0.6 is 23.3 Å². The standard InChI is InChI=1S/C24H28N6O3S2/c1-14-10-17(12-25-11-14)22-27-28-24(30(22)20-18(31-4)8-7-9-19(20)32-5)29-35-16(3)21(33-6)23-26-15(2)13-34-23/h7-13,16,21H,1-6H3,(H,28,29). The zero-order valence-electron chi connectivity index (χ0n) is 20.5. The van der Waals surface area contributed by atoms with Gasteiger partial charge in [-0.3, -0.25) is 14.3 Å². The zero-order valence-corrected chi connectivity index (χ0v) is 22.1. The largest absolute Gasteiger partial charge is 0.494 e. The first-order valence-corrected chi connectivity index (χ1v) is 12.7. The van der Waals surface area contributed by atoms with Gasteiger partial charge in [0, 0.05) is 36.1 Å². The number of hydrogen-bond acceptors (Lipinski definition) is 10. The molecule has 2 atom stereocenters. The van der Waals surface area contributed by atoms with Gasteiger partial charge >= 0.3 is 0 Å². The number of nitrogens with zero attached hydrogens (tertiary/aromatic N) is 5. The summed E-state index contributed by atoms with van der Waals surface area (Å²) >= 11 is 3.08. The lowest BCUT2D eigenvalue weighted by molar-refractivity contribution is 0.104. The van der Waals surface area contributed by atoms with Crippen LogP contribution in [-0.4, -0.2) is 51.3 Å². The van der Waals surface area contributed by atoms with Crippen LogP contribution in [0, 0.1) is 13.8 Å². The van der Waals surface area contributed by atoms with Crippen molar-refractivity contribution >= 4 is 29.2 Å². The van der Waals surface area contributed by atoms with Crippen molar-refractivity contribution in [2.45, 2.75) is 32.1 Å². The van der Waals surface area contributed by atoms with E-state index < -0.39 is 0 Å². The molecule has 35 heavy (non-hydrogen) atoms. The molecule has 0 radical (unpaired) electrons. The molecule has 0 bridgehead atoms. The molecule has 0 amide bonds. The SMILES string of the molecule is COc1cccc(OC)c1-n1c(NSC(C)C(OC)c2nc(C)cs2)nnc1-c1cncc(C)c1. The first-order valence-electron chi connectivity index (χ1n) is 10.9. The fourth-order valence-electron chi connectivity index (χ4n) is 3.68. The Morgan fingerprint density at radius 3 is 2.40 bits per heavy atom. The van der Waals surface area contributed by atoms with Crippen LogP contribution in [0.5, 0.6) is 11.5 Å². The Morgan fingerprint density at radius 2 is 1.80 bits per heavy atom. The molecule has 0 aliphatic carbocycles. The van der Waals surface area contributed by atoms with E-state index in [0.717, 1.165) is 21.8 Å². The number of thiazole rings is 1. The molecule has 3 aromatic heterocycles. The topological polar surface area (TPSA) is 96.2 Å². The molecule has 1 aromatic carbocycles. The number of rotatable bonds is 10. The van der Waals surface area contributed by atoms with Gasteiger partial charge in [-0.15, -0.1) is 21.5 Å². The van der Waals surface area contributed by atoms with E-state index in [1.807, 2.05) is 48.1 Å². The van der Waals surface area contributed by atoms with E-state index in [2.05, 4.69) is 31.8 Å². The molecule has 9 nitrogen and oxygen atoms in total. The summed E-state index contributed by atoms with van der Waals surface area (Å²) in [5, 5.41) is 12.0. The van der Waals surface area contributed by atoms with Crippen molar-refractivity contribution in [3.05, 3.63) is 58.3 Å². The number of nitrogens with one attached hydrogen (secondary N) is 1. The summed E-state index contributed by atoms with van der Waals surface area (Å²) in [5.74, 6) is 2.38. The maximum absolute atomic E-state index is 5.77. The Morgan fingerprint density at radius 1 is 1.06 bits per heavy atom. The van der Waals surface area contributed by atoms with Crippen LogP contribution in [0.1, 0.15) is 29.3 Å². The van der Waals surface area contributed by atoms with Gasteiger partial charge in [0.05, 0.1) is 19.5 Å². The normalized spacial score (nSPS) is 12.9. The monoisotopic (exact) mass is 512 g/mol. The predicted molar refractivity (Wildman–Crippen MR) is 140 cm³/mol. The maximum atomic E-state index is 5.77. The molecule has 1 N–H and O–H groups in total. The molecule has 0 saturated heterocycles. The number of para-hydroxylation sites is 1. The second-order valence-electron chi connectivity index (χ2n) is 7.85. The Kier molecular flexibility index (Phi) is 7.89. The minimum absolute atomic E-state index is 0.0272. The Labute approximate surface area is 213 Å². The van der Waals surface area contributed by atoms with Gasteiger partial charge in [-0.2, -0.15) is 0 Å². The first kappa shape index (κ1) is 25.0. The van der Waals surface area contributed by atoms with Crippen molar-refractivity contribution < 1.29 is 14.2 Å². The lowest BCUT2D eigenvalue weighted by atomic mass is 10.2. The second-order valence-corrected chi connectivity index (χ2v) is 9.93. The van der Waals surface area contributed by atoms with E-state index in [0.29, 0.717) is 29.0 Å². The van der Waals surface area contributed by atoms with Crippen molar-refractivity contribution in [2.75, 3.05) is 26.1 Å². The maximum Gasteiger partial charge on any atom is 0.239 e. The molecule has 0 spiro atoms. The van der Waals surface area contributed by atoms with Crippen molar-refractivity contribution in [1.82, 2.24) is 24.7 Å². The van der Waals surface area contributed by atoms with Gasteiger partial charge in [0.25, 0.3) is 0 Å². The molecule has 4 aromatic rings. The van der Waals surface area contributed by atoms with E-state index in [-0.39, 0.29) is 11.4 Å². The molecule has 0 saturated carbocycles. The molecular weight excluding hydrogens is 484 g/mol. The molecule has 3 heterocycles. The second kappa shape index (κ2) is 11.1. The van der Waals surface area contributed by atoms with Crippen molar-refractivity contribution in [3.63, 3.8) is 0 Å². The zero-order chi connectivity index (χ0) is 24.9. The summed E-state index contributed by atoms with van der Waals surface area (Å²) < 4.78 is 22.4. The summed E-state index contributed by atoms with van der Waals surface area (Å²) in [7, 11) is 4.95. The number of anilines is 1. The van der Waals surface area contributed by atoms with Crippen LogP contribution < -0.4 is 14.2 Å². The summed E-state index contributed by atoms with van der Waals surface area (Å²) in [4.78, 5) is 8.94. The molecule has 11 heteroatoms. The number of aromatic nitrogens is 5. The highest BCUT2D eigenvalue weighted by Crippen LogP contribution is 2.39. The van der Waals surface area contributed by atoms with E-state index in [4.69, 9.17) is 14.2 Å². The van der Waals surface area contributed by atoms with E-state index >= 15 is 0 Å². The van der Waals surface area contributed by atoms with E-state index in [9.17, 15) is 0 Å². The smallest absolute Gasteiger partial charge is 0.239 e. The molecule has 0 fully saturated rings. The van der Waals surface area contributed by atoms with Crippen LogP contribution in [0.3, 0.4) is 0 Å².